The summed E-state index contributed by atoms with van der Waals surface area (Å²) < 4.78 is 9.99. The van der Waals surface area contributed by atoms with Crippen LogP contribution in [0, 0.1) is 0 Å². The van der Waals surface area contributed by atoms with Crippen molar-refractivity contribution in [1.82, 2.24) is 10.1 Å². The molecule has 0 aliphatic heterocycles. The summed E-state index contributed by atoms with van der Waals surface area (Å²) in [6, 6.07) is -0.152. The second-order valence-electron chi connectivity index (χ2n) is 3.18. The van der Waals surface area contributed by atoms with Crippen molar-refractivity contribution in [3.63, 3.8) is 0 Å². The Balaban J connectivity index is 2.43. The molecule has 0 unspecified atom stereocenters. The van der Waals surface area contributed by atoms with Gasteiger partial charge in [-0.15, -0.1) is 0 Å². The summed E-state index contributed by atoms with van der Waals surface area (Å²) in [6.07, 6.45) is 3.56. The van der Waals surface area contributed by atoms with Gasteiger partial charge >= 0.3 is 0 Å². The molecule has 15 heavy (non-hydrogen) atoms. The highest BCUT2D eigenvalue weighted by Crippen LogP contribution is 2.13. The minimum Gasteiger partial charge on any atom is -0.384 e. The summed E-state index contributed by atoms with van der Waals surface area (Å²) in [7, 11) is 1.64. The minimum atomic E-state index is -0.152. The summed E-state index contributed by atoms with van der Waals surface area (Å²) in [4.78, 5) is 4.21. The fourth-order valence-corrected chi connectivity index (χ4v) is 1.57. The van der Waals surface area contributed by atoms with Crippen molar-refractivity contribution in [2.45, 2.75) is 18.9 Å². The number of aromatic nitrogens is 2. The molecule has 1 rings (SSSR count). The molecule has 0 aromatic carbocycles. The van der Waals surface area contributed by atoms with E-state index < -0.39 is 0 Å². The molecule has 0 saturated carbocycles. The molecule has 0 bridgehead atoms. The van der Waals surface area contributed by atoms with Gasteiger partial charge in [-0.25, -0.2) is 0 Å². The number of nitrogens with zero attached hydrogens (tertiary/aromatic N) is 2. The first-order chi connectivity index (χ1) is 7.27. The van der Waals surface area contributed by atoms with Crippen LogP contribution in [0.15, 0.2) is 4.52 Å². The Morgan fingerprint density at radius 3 is 3.07 bits per heavy atom. The normalized spacial score (nSPS) is 13.0. The summed E-state index contributed by atoms with van der Waals surface area (Å²) in [5, 5.41) is 3.83. The van der Waals surface area contributed by atoms with Crippen LogP contribution in [0.5, 0.6) is 0 Å². The lowest BCUT2D eigenvalue weighted by atomic mass is 10.2. The van der Waals surface area contributed by atoms with Gasteiger partial charge in [0.15, 0.2) is 5.82 Å². The minimum absolute atomic E-state index is 0.152. The highest BCUT2D eigenvalue weighted by Gasteiger charge is 2.13. The molecule has 2 N–H and O–H groups in total. The number of nitrogens with two attached hydrogens (primary N) is 1. The van der Waals surface area contributed by atoms with Gasteiger partial charge in [-0.1, -0.05) is 5.16 Å². The number of methoxy groups -OCH3 is 1. The van der Waals surface area contributed by atoms with Crippen molar-refractivity contribution in [1.29, 1.82) is 0 Å². The maximum Gasteiger partial charge on any atom is 0.243 e. The molecular weight excluding hydrogens is 214 g/mol. The van der Waals surface area contributed by atoms with Crippen LogP contribution in [-0.4, -0.2) is 35.9 Å². The lowest BCUT2D eigenvalue weighted by molar-refractivity contribution is 0.199. The summed E-state index contributed by atoms with van der Waals surface area (Å²) in [5.41, 5.74) is 5.88. The smallest absolute Gasteiger partial charge is 0.243 e. The predicted octanol–water partition coefficient (Wildman–Crippen LogP) is 1.01. The van der Waals surface area contributed by atoms with Crippen LogP contribution in [0.2, 0.25) is 0 Å². The Bertz CT molecular complexity index is 280. The second-order valence-corrected chi connectivity index (χ2v) is 4.17. The number of rotatable bonds is 7. The average molecular weight is 231 g/mol. The van der Waals surface area contributed by atoms with Gasteiger partial charge in [0.2, 0.25) is 5.89 Å². The second kappa shape index (κ2) is 6.81. The zero-order chi connectivity index (χ0) is 11.1. The van der Waals surface area contributed by atoms with E-state index in [1.807, 2.05) is 6.26 Å². The van der Waals surface area contributed by atoms with Crippen molar-refractivity contribution < 1.29 is 9.26 Å². The fourth-order valence-electron chi connectivity index (χ4n) is 1.08. The molecule has 1 aromatic heterocycles. The van der Waals surface area contributed by atoms with Gasteiger partial charge in [0, 0.05) is 13.5 Å². The van der Waals surface area contributed by atoms with E-state index in [-0.39, 0.29) is 6.04 Å². The quantitative estimate of drug-likeness (QED) is 0.755. The maximum atomic E-state index is 5.88. The van der Waals surface area contributed by atoms with Crippen molar-refractivity contribution in [3.05, 3.63) is 11.7 Å². The molecule has 0 aliphatic rings. The first-order valence-electron chi connectivity index (χ1n) is 4.84. The van der Waals surface area contributed by atoms with Crippen molar-refractivity contribution in [2.75, 3.05) is 25.7 Å². The molecule has 0 spiro atoms. The zero-order valence-corrected chi connectivity index (χ0v) is 9.92. The SMILES string of the molecule is COCCc1noc([C@@H](N)CCSC)n1. The third-order valence-corrected chi connectivity index (χ3v) is 2.61. The van der Waals surface area contributed by atoms with Crippen LogP contribution in [0.25, 0.3) is 0 Å². The standard InChI is InChI=1S/C9H17N3O2S/c1-13-5-3-8-11-9(14-12-8)7(10)4-6-15-2/h7H,3-6,10H2,1-2H3/t7-/m0/s1. The van der Waals surface area contributed by atoms with E-state index in [9.17, 15) is 0 Å². The van der Waals surface area contributed by atoms with Crippen LogP contribution < -0.4 is 5.73 Å². The average Bonchev–Trinajstić information content (AvgIpc) is 2.71. The summed E-state index contributed by atoms with van der Waals surface area (Å²) in [5.74, 6) is 2.18. The molecule has 0 amide bonds. The summed E-state index contributed by atoms with van der Waals surface area (Å²) >= 11 is 1.76. The monoisotopic (exact) mass is 231 g/mol. The molecule has 0 saturated heterocycles. The Kier molecular flexibility index (Phi) is 5.67. The van der Waals surface area contributed by atoms with E-state index in [0.29, 0.717) is 24.7 Å². The molecule has 6 heteroatoms. The molecule has 0 radical (unpaired) electrons. The number of hydrogen-bond donors (Lipinski definition) is 1. The highest BCUT2D eigenvalue weighted by molar-refractivity contribution is 7.98. The molecule has 1 aromatic rings. The molecule has 1 heterocycles. The van der Waals surface area contributed by atoms with Crippen molar-refractivity contribution >= 4 is 11.8 Å². The van der Waals surface area contributed by atoms with Crippen molar-refractivity contribution in [2.24, 2.45) is 5.73 Å². The Labute approximate surface area is 93.7 Å². The molecule has 5 nitrogen and oxygen atoms in total. The van der Waals surface area contributed by atoms with Gasteiger partial charge in [0.25, 0.3) is 0 Å². The first-order valence-corrected chi connectivity index (χ1v) is 6.23. The van der Waals surface area contributed by atoms with E-state index >= 15 is 0 Å². The van der Waals surface area contributed by atoms with Gasteiger partial charge in [-0.3, -0.25) is 0 Å². The third kappa shape index (κ3) is 4.19. The maximum absolute atomic E-state index is 5.88. The summed E-state index contributed by atoms with van der Waals surface area (Å²) in [6.45, 7) is 0.596. The molecular formula is C9H17N3O2S. The van der Waals surface area contributed by atoms with Gasteiger partial charge in [0.1, 0.15) is 0 Å². The van der Waals surface area contributed by atoms with Gasteiger partial charge in [-0.05, 0) is 18.4 Å². The lowest BCUT2D eigenvalue weighted by Crippen LogP contribution is -2.11. The van der Waals surface area contributed by atoms with Gasteiger partial charge in [-0.2, -0.15) is 16.7 Å². The van der Waals surface area contributed by atoms with Crippen LogP contribution in [-0.2, 0) is 11.2 Å². The van der Waals surface area contributed by atoms with Crippen LogP contribution in [0.1, 0.15) is 24.2 Å². The van der Waals surface area contributed by atoms with E-state index in [2.05, 4.69) is 10.1 Å². The van der Waals surface area contributed by atoms with Crippen LogP contribution >= 0.6 is 11.8 Å². The van der Waals surface area contributed by atoms with E-state index in [0.717, 1.165) is 12.2 Å². The van der Waals surface area contributed by atoms with Gasteiger partial charge < -0.3 is 15.0 Å². The number of hydrogen-bond acceptors (Lipinski definition) is 6. The topological polar surface area (TPSA) is 74.2 Å². The Morgan fingerprint density at radius 2 is 2.40 bits per heavy atom. The Hall–Kier alpha value is -0.590. The first kappa shape index (κ1) is 12.5. The molecule has 86 valence electrons. The lowest BCUT2D eigenvalue weighted by Gasteiger charge is -2.03. The third-order valence-electron chi connectivity index (χ3n) is 1.96. The highest BCUT2D eigenvalue weighted by atomic mass is 32.2. The van der Waals surface area contributed by atoms with E-state index in [1.165, 1.54) is 0 Å². The zero-order valence-electron chi connectivity index (χ0n) is 9.10. The van der Waals surface area contributed by atoms with Crippen LogP contribution in [0.4, 0.5) is 0 Å². The van der Waals surface area contributed by atoms with E-state index in [1.54, 1.807) is 18.9 Å². The largest absolute Gasteiger partial charge is 0.384 e. The molecule has 0 aliphatic carbocycles. The molecule has 1 atom stereocenters. The predicted molar refractivity (Wildman–Crippen MR) is 59.8 cm³/mol. The Morgan fingerprint density at radius 1 is 1.60 bits per heavy atom. The van der Waals surface area contributed by atoms with Gasteiger partial charge in [0.05, 0.1) is 12.6 Å². The van der Waals surface area contributed by atoms with Crippen LogP contribution in [0.3, 0.4) is 0 Å². The number of thioether (sulfide) groups is 1. The molecule has 0 fully saturated rings. The van der Waals surface area contributed by atoms with Crippen molar-refractivity contribution in [3.8, 4) is 0 Å². The fraction of sp³-hybridized carbons (Fsp3) is 0.778. The number of ether oxygens (including phenoxy) is 1. The van der Waals surface area contributed by atoms with E-state index in [4.69, 9.17) is 15.0 Å².